The predicted octanol–water partition coefficient (Wildman–Crippen LogP) is 3.56. The second kappa shape index (κ2) is 9.16. The molecule has 144 valence electrons. The highest BCUT2D eigenvalue weighted by molar-refractivity contribution is 6.03. The first-order valence-electron chi connectivity index (χ1n) is 8.99. The molecule has 2 aromatic rings. The zero-order valence-corrected chi connectivity index (χ0v) is 16.1. The van der Waals surface area contributed by atoms with Gasteiger partial charge in [-0.15, -0.1) is 0 Å². The van der Waals surface area contributed by atoms with Crippen LogP contribution in [-0.2, 0) is 20.7 Å². The van der Waals surface area contributed by atoms with Gasteiger partial charge in [-0.25, -0.2) is 4.79 Å². The molecule has 0 spiro atoms. The fourth-order valence-corrected chi connectivity index (χ4v) is 2.91. The summed E-state index contributed by atoms with van der Waals surface area (Å²) in [5.41, 5.74) is 2.70. The first-order chi connectivity index (χ1) is 12.8. The van der Waals surface area contributed by atoms with Crippen LogP contribution >= 0.6 is 0 Å². The van der Waals surface area contributed by atoms with Crippen LogP contribution in [0.15, 0.2) is 30.3 Å². The number of hydrogen-bond donors (Lipinski definition) is 1. The van der Waals surface area contributed by atoms with Gasteiger partial charge in [0.2, 0.25) is 5.78 Å². The lowest BCUT2D eigenvalue weighted by molar-refractivity contribution is -0.146. The van der Waals surface area contributed by atoms with Crippen LogP contribution in [0, 0.1) is 13.8 Å². The molecule has 1 N–H and O–H groups in total. The van der Waals surface area contributed by atoms with Crippen molar-refractivity contribution in [3.05, 3.63) is 58.4 Å². The Morgan fingerprint density at radius 2 is 1.78 bits per heavy atom. The summed E-state index contributed by atoms with van der Waals surface area (Å²) in [6, 6.07) is 9.59. The molecule has 6 nitrogen and oxygen atoms in total. The monoisotopic (exact) mass is 371 g/mol. The molecule has 1 aromatic carbocycles. The van der Waals surface area contributed by atoms with Gasteiger partial charge in [-0.1, -0.05) is 30.3 Å². The highest BCUT2D eigenvalue weighted by Crippen LogP contribution is 2.21. The number of aryl methyl sites for hydroxylation is 2. The van der Waals surface area contributed by atoms with Crippen molar-refractivity contribution >= 4 is 17.7 Å². The Labute approximate surface area is 158 Å². The van der Waals surface area contributed by atoms with E-state index in [4.69, 9.17) is 9.47 Å². The lowest BCUT2D eigenvalue weighted by atomic mass is 10.1. The summed E-state index contributed by atoms with van der Waals surface area (Å²) >= 11 is 0. The SMILES string of the molecule is CCOC(=O)c1c(C)[nH]c(C(=O)[C@H](C)OC(=O)CCc2ccccc2)c1C. The standard InChI is InChI=1S/C21H25NO5/c1-5-26-21(25)18-13(2)19(22-14(18)3)20(24)15(4)27-17(23)12-11-16-9-7-6-8-10-16/h6-10,15,22H,5,11-12H2,1-4H3/t15-/m0/s1. The molecule has 0 fully saturated rings. The van der Waals surface area contributed by atoms with Crippen molar-refractivity contribution in [3.63, 3.8) is 0 Å². The van der Waals surface area contributed by atoms with Crippen molar-refractivity contribution in [2.24, 2.45) is 0 Å². The maximum atomic E-state index is 12.7. The molecule has 0 amide bonds. The first-order valence-corrected chi connectivity index (χ1v) is 8.99. The fraction of sp³-hybridized carbons (Fsp3) is 0.381. The molecular formula is C21H25NO5. The number of aromatic amines is 1. The van der Waals surface area contributed by atoms with Crippen LogP contribution < -0.4 is 0 Å². The molecule has 6 heteroatoms. The summed E-state index contributed by atoms with van der Waals surface area (Å²) in [5.74, 6) is -1.29. The quantitative estimate of drug-likeness (QED) is 0.566. The minimum Gasteiger partial charge on any atom is -0.462 e. The first kappa shape index (κ1) is 20.4. The van der Waals surface area contributed by atoms with Crippen LogP contribution in [-0.4, -0.2) is 35.4 Å². The number of esters is 2. The lowest BCUT2D eigenvalue weighted by Gasteiger charge is -2.12. The van der Waals surface area contributed by atoms with Crippen LogP contribution in [0.3, 0.4) is 0 Å². The van der Waals surface area contributed by atoms with E-state index in [1.165, 1.54) is 6.92 Å². The normalized spacial score (nSPS) is 11.7. The van der Waals surface area contributed by atoms with Crippen LogP contribution in [0.2, 0.25) is 0 Å². The van der Waals surface area contributed by atoms with Gasteiger partial charge in [-0.2, -0.15) is 0 Å². The third-order valence-corrected chi connectivity index (χ3v) is 4.30. The van der Waals surface area contributed by atoms with E-state index in [1.54, 1.807) is 20.8 Å². The average Bonchev–Trinajstić information content (AvgIpc) is 2.94. The molecule has 0 aliphatic carbocycles. The number of carbonyl (C=O) groups excluding carboxylic acids is 3. The number of carbonyl (C=O) groups is 3. The number of benzene rings is 1. The number of ketones is 1. The molecule has 0 aliphatic heterocycles. The van der Waals surface area contributed by atoms with Gasteiger partial charge < -0.3 is 14.5 Å². The molecule has 1 heterocycles. The smallest absolute Gasteiger partial charge is 0.340 e. The zero-order valence-electron chi connectivity index (χ0n) is 16.1. The van der Waals surface area contributed by atoms with E-state index in [0.717, 1.165) is 5.56 Å². The van der Waals surface area contributed by atoms with Gasteiger partial charge in [0, 0.05) is 12.1 Å². The average molecular weight is 371 g/mol. The predicted molar refractivity (Wildman–Crippen MR) is 101 cm³/mol. The van der Waals surface area contributed by atoms with E-state index in [1.807, 2.05) is 30.3 Å². The Bertz CT molecular complexity index is 823. The Morgan fingerprint density at radius 1 is 1.11 bits per heavy atom. The Morgan fingerprint density at radius 3 is 2.41 bits per heavy atom. The minimum absolute atomic E-state index is 0.193. The van der Waals surface area contributed by atoms with Crippen LogP contribution in [0.5, 0.6) is 0 Å². The van der Waals surface area contributed by atoms with Gasteiger partial charge in [0.15, 0.2) is 6.10 Å². The number of hydrogen-bond acceptors (Lipinski definition) is 5. The van der Waals surface area contributed by atoms with Crippen LogP contribution in [0.25, 0.3) is 0 Å². The van der Waals surface area contributed by atoms with Crippen molar-refractivity contribution in [1.29, 1.82) is 0 Å². The highest BCUT2D eigenvalue weighted by Gasteiger charge is 2.27. The molecule has 0 saturated carbocycles. The van der Waals surface area contributed by atoms with Crippen molar-refractivity contribution < 1.29 is 23.9 Å². The fourth-order valence-electron chi connectivity index (χ4n) is 2.91. The molecule has 0 aliphatic rings. The van der Waals surface area contributed by atoms with E-state index in [0.29, 0.717) is 23.2 Å². The molecule has 1 atom stereocenters. The Kier molecular flexibility index (Phi) is 6.93. The van der Waals surface area contributed by atoms with E-state index >= 15 is 0 Å². The molecule has 1 aromatic heterocycles. The Hall–Kier alpha value is -2.89. The largest absolute Gasteiger partial charge is 0.462 e. The second-order valence-electron chi connectivity index (χ2n) is 6.33. The maximum absolute atomic E-state index is 12.7. The van der Waals surface area contributed by atoms with Crippen molar-refractivity contribution in [2.75, 3.05) is 6.61 Å². The van der Waals surface area contributed by atoms with E-state index < -0.39 is 18.0 Å². The maximum Gasteiger partial charge on any atom is 0.340 e. The van der Waals surface area contributed by atoms with E-state index in [9.17, 15) is 14.4 Å². The van der Waals surface area contributed by atoms with Gasteiger partial charge in [-0.3, -0.25) is 9.59 Å². The Balaban J connectivity index is 2.01. The molecule has 2 rings (SSSR count). The van der Waals surface area contributed by atoms with Crippen LogP contribution in [0.4, 0.5) is 0 Å². The lowest BCUT2D eigenvalue weighted by Crippen LogP contribution is -2.25. The van der Waals surface area contributed by atoms with Gasteiger partial charge in [0.05, 0.1) is 17.9 Å². The molecule has 0 saturated heterocycles. The van der Waals surface area contributed by atoms with Gasteiger partial charge >= 0.3 is 11.9 Å². The van der Waals surface area contributed by atoms with Gasteiger partial charge in [-0.05, 0) is 45.2 Å². The van der Waals surface area contributed by atoms with Gasteiger partial charge in [0.25, 0.3) is 0 Å². The van der Waals surface area contributed by atoms with E-state index in [-0.39, 0.29) is 24.5 Å². The highest BCUT2D eigenvalue weighted by atomic mass is 16.5. The third kappa shape index (κ3) is 5.06. The number of H-pyrrole nitrogens is 1. The number of aromatic nitrogens is 1. The van der Waals surface area contributed by atoms with E-state index in [2.05, 4.69) is 4.98 Å². The molecule has 0 bridgehead atoms. The summed E-state index contributed by atoms with van der Waals surface area (Å²) in [5, 5.41) is 0. The van der Waals surface area contributed by atoms with Crippen LogP contribution in [0.1, 0.15) is 57.9 Å². The summed E-state index contributed by atoms with van der Waals surface area (Å²) in [6.45, 7) is 6.88. The summed E-state index contributed by atoms with van der Waals surface area (Å²) in [6.07, 6.45) is -0.202. The summed E-state index contributed by atoms with van der Waals surface area (Å²) < 4.78 is 10.3. The summed E-state index contributed by atoms with van der Waals surface area (Å²) in [4.78, 5) is 39.7. The molecular weight excluding hydrogens is 346 g/mol. The topological polar surface area (TPSA) is 85.5 Å². The number of rotatable bonds is 8. The zero-order chi connectivity index (χ0) is 20.0. The summed E-state index contributed by atoms with van der Waals surface area (Å²) in [7, 11) is 0. The molecule has 0 radical (unpaired) electrons. The van der Waals surface area contributed by atoms with Gasteiger partial charge in [0.1, 0.15) is 0 Å². The second-order valence-corrected chi connectivity index (χ2v) is 6.33. The van der Waals surface area contributed by atoms with Crippen molar-refractivity contribution in [2.45, 2.75) is 46.6 Å². The number of nitrogens with one attached hydrogen (secondary N) is 1. The number of Topliss-reactive ketones (excluding diaryl/α,β-unsaturated/α-hetero) is 1. The molecule has 27 heavy (non-hydrogen) atoms. The minimum atomic E-state index is -0.944. The number of ether oxygens (including phenoxy) is 2. The van der Waals surface area contributed by atoms with Crippen molar-refractivity contribution in [1.82, 2.24) is 4.98 Å². The third-order valence-electron chi connectivity index (χ3n) is 4.30. The van der Waals surface area contributed by atoms with Crippen molar-refractivity contribution in [3.8, 4) is 0 Å². The molecule has 0 unspecified atom stereocenters.